The number of amides is 1. The SMILES string of the molecule is COP(=O)(/C=C/C1=CN(C(=O)c2ccccc2[N+](=O)[O-])C(CO)C1)OC. The van der Waals surface area contributed by atoms with E-state index in [0.717, 1.165) is 0 Å². The highest BCUT2D eigenvalue weighted by molar-refractivity contribution is 7.57. The van der Waals surface area contributed by atoms with Gasteiger partial charge in [-0.3, -0.25) is 19.5 Å². The maximum atomic E-state index is 12.7. The number of allylic oxidation sites excluding steroid dienone is 1. The number of carbonyl (C=O) groups excluding carboxylic acids is 1. The lowest BCUT2D eigenvalue weighted by Gasteiger charge is -2.21. The Labute approximate surface area is 150 Å². The van der Waals surface area contributed by atoms with Gasteiger partial charge in [-0.2, -0.15) is 0 Å². The fourth-order valence-electron chi connectivity index (χ4n) is 2.53. The fourth-order valence-corrected chi connectivity index (χ4v) is 3.30. The van der Waals surface area contributed by atoms with E-state index < -0.39 is 24.5 Å². The van der Waals surface area contributed by atoms with Crippen molar-refractivity contribution in [2.24, 2.45) is 0 Å². The number of benzene rings is 1. The zero-order valence-electron chi connectivity index (χ0n) is 14.3. The number of nitro benzene ring substituents is 1. The molecular formula is C16H19N2O7P. The number of aliphatic hydroxyl groups excluding tert-OH is 1. The fraction of sp³-hybridized carbons (Fsp3) is 0.312. The van der Waals surface area contributed by atoms with E-state index in [1.807, 2.05) is 0 Å². The van der Waals surface area contributed by atoms with E-state index in [1.165, 1.54) is 61.5 Å². The Morgan fingerprint density at radius 3 is 2.65 bits per heavy atom. The van der Waals surface area contributed by atoms with Crippen molar-refractivity contribution < 1.29 is 28.4 Å². The molecule has 140 valence electrons. The summed E-state index contributed by atoms with van der Waals surface area (Å²) in [5.41, 5.74) is 0.219. The number of aliphatic hydroxyl groups is 1. The molecule has 1 aromatic rings. The highest BCUT2D eigenvalue weighted by Crippen LogP contribution is 2.48. The van der Waals surface area contributed by atoms with Crippen molar-refractivity contribution in [3.05, 3.63) is 63.6 Å². The van der Waals surface area contributed by atoms with E-state index in [2.05, 4.69) is 0 Å². The molecule has 1 heterocycles. The first-order valence-electron chi connectivity index (χ1n) is 7.63. The van der Waals surface area contributed by atoms with Crippen LogP contribution in [-0.4, -0.2) is 47.7 Å². The molecule has 1 unspecified atom stereocenters. The molecule has 1 aliphatic heterocycles. The van der Waals surface area contributed by atoms with Gasteiger partial charge in [0.2, 0.25) is 0 Å². The Morgan fingerprint density at radius 2 is 2.08 bits per heavy atom. The quantitative estimate of drug-likeness (QED) is 0.437. The first-order chi connectivity index (χ1) is 12.3. The molecule has 0 radical (unpaired) electrons. The average Bonchev–Trinajstić information content (AvgIpc) is 3.09. The predicted molar refractivity (Wildman–Crippen MR) is 93.6 cm³/mol. The van der Waals surface area contributed by atoms with Crippen LogP contribution in [0.25, 0.3) is 0 Å². The van der Waals surface area contributed by atoms with Crippen LogP contribution in [0.3, 0.4) is 0 Å². The minimum absolute atomic E-state index is 0.0723. The molecule has 0 saturated heterocycles. The highest BCUT2D eigenvalue weighted by atomic mass is 31.2. The van der Waals surface area contributed by atoms with Gasteiger partial charge in [-0.15, -0.1) is 0 Å². The molecule has 1 amide bonds. The van der Waals surface area contributed by atoms with Crippen molar-refractivity contribution in [1.29, 1.82) is 0 Å². The van der Waals surface area contributed by atoms with Gasteiger partial charge in [-0.25, -0.2) is 0 Å². The number of nitrogens with zero attached hydrogens (tertiary/aromatic N) is 2. The molecule has 0 spiro atoms. The Hall–Kier alpha value is -2.32. The molecule has 0 fully saturated rings. The summed E-state index contributed by atoms with van der Waals surface area (Å²) in [6, 6.07) is 5.03. The molecule has 1 aromatic carbocycles. The maximum Gasteiger partial charge on any atom is 0.353 e. The number of para-hydroxylation sites is 1. The Balaban J connectivity index is 2.32. The standard InChI is InChI=1S/C16H19N2O7P/c1-24-26(23,25-2)8-7-12-9-13(11-19)17(10-12)16(20)14-5-3-4-6-15(14)18(21)22/h3-8,10,13,19H,9,11H2,1-2H3/b8-7+. The second-order valence-corrected chi connectivity index (χ2v) is 7.56. The van der Waals surface area contributed by atoms with Crippen molar-refractivity contribution in [1.82, 2.24) is 4.90 Å². The second-order valence-electron chi connectivity index (χ2n) is 5.45. The lowest BCUT2D eigenvalue weighted by Crippen LogP contribution is -2.35. The summed E-state index contributed by atoms with van der Waals surface area (Å²) >= 11 is 0. The normalized spacial score (nSPS) is 17.6. The zero-order chi connectivity index (χ0) is 19.3. The van der Waals surface area contributed by atoms with Gasteiger partial charge < -0.3 is 19.1 Å². The molecule has 0 aromatic heterocycles. The number of carbonyl (C=O) groups is 1. The summed E-state index contributed by atoms with van der Waals surface area (Å²) in [5, 5.41) is 20.7. The van der Waals surface area contributed by atoms with E-state index in [-0.39, 0.29) is 17.9 Å². The van der Waals surface area contributed by atoms with E-state index in [9.17, 15) is 24.6 Å². The maximum absolute atomic E-state index is 12.7. The summed E-state index contributed by atoms with van der Waals surface area (Å²) in [5.74, 6) is 0.660. The largest absolute Gasteiger partial charge is 0.394 e. The number of hydrogen-bond acceptors (Lipinski definition) is 7. The van der Waals surface area contributed by atoms with Crippen molar-refractivity contribution in [3.8, 4) is 0 Å². The van der Waals surface area contributed by atoms with Crippen LogP contribution in [0.15, 0.2) is 47.9 Å². The van der Waals surface area contributed by atoms with Crippen LogP contribution in [-0.2, 0) is 13.6 Å². The van der Waals surface area contributed by atoms with Crippen molar-refractivity contribution in [3.63, 3.8) is 0 Å². The first kappa shape index (κ1) is 20.0. The first-order valence-corrected chi connectivity index (χ1v) is 9.24. The molecule has 0 bridgehead atoms. The predicted octanol–water partition coefficient (Wildman–Crippen LogP) is 2.69. The topological polar surface area (TPSA) is 119 Å². The third-order valence-electron chi connectivity index (χ3n) is 3.93. The summed E-state index contributed by atoms with van der Waals surface area (Å²) in [6.07, 6.45) is 3.25. The third-order valence-corrected chi connectivity index (χ3v) is 5.46. The Kier molecular flexibility index (Phi) is 6.44. The summed E-state index contributed by atoms with van der Waals surface area (Å²) in [7, 11) is -0.864. The minimum atomic E-state index is -3.36. The molecule has 10 heteroatoms. The van der Waals surface area contributed by atoms with Gasteiger partial charge in [0, 0.05) is 32.3 Å². The lowest BCUT2D eigenvalue weighted by atomic mass is 10.1. The lowest BCUT2D eigenvalue weighted by molar-refractivity contribution is -0.385. The number of hydrogen-bond donors (Lipinski definition) is 1. The monoisotopic (exact) mass is 382 g/mol. The van der Waals surface area contributed by atoms with Gasteiger partial charge in [-0.1, -0.05) is 12.1 Å². The molecule has 0 aliphatic carbocycles. The molecule has 9 nitrogen and oxygen atoms in total. The van der Waals surface area contributed by atoms with Gasteiger partial charge in [0.1, 0.15) is 5.56 Å². The van der Waals surface area contributed by atoms with Crippen LogP contribution in [0, 0.1) is 10.1 Å². The average molecular weight is 382 g/mol. The molecule has 1 N–H and O–H groups in total. The van der Waals surface area contributed by atoms with E-state index in [4.69, 9.17) is 9.05 Å². The summed E-state index contributed by atoms with van der Waals surface area (Å²) in [4.78, 5) is 24.5. The molecule has 0 saturated carbocycles. The van der Waals surface area contributed by atoms with Gasteiger partial charge in [0.15, 0.2) is 0 Å². The van der Waals surface area contributed by atoms with E-state index >= 15 is 0 Å². The number of rotatable bonds is 7. The van der Waals surface area contributed by atoms with Crippen LogP contribution in [0.5, 0.6) is 0 Å². The van der Waals surface area contributed by atoms with Crippen molar-refractivity contribution in [2.75, 3.05) is 20.8 Å². The van der Waals surface area contributed by atoms with Gasteiger partial charge in [0.25, 0.3) is 11.6 Å². The van der Waals surface area contributed by atoms with Crippen LogP contribution >= 0.6 is 7.60 Å². The molecule has 26 heavy (non-hydrogen) atoms. The van der Waals surface area contributed by atoms with E-state index in [1.54, 1.807) is 0 Å². The Bertz CT molecular complexity index is 798. The van der Waals surface area contributed by atoms with Crippen molar-refractivity contribution in [2.45, 2.75) is 12.5 Å². The van der Waals surface area contributed by atoms with Gasteiger partial charge in [-0.05, 0) is 24.1 Å². The smallest absolute Gasteiger partial charge is 0.353 e. The van der Waals surface area contributed by atoms with Crippen LogP contribution in [0.2, 0.25) is 0 Å². The molecule has 2 rings (SSSR count). The van der Waals surface area contributed by atoms with E-state index in [0.29, 0.717) is 12.0 Å². The number of nitro groups is 1. The second kappa shape index (κ2) is 8.37. The third kappa shape index (κ3) is 4.25. The molecule has 1 atom stereocenters. The van der Waals surface area contributed by atoms with Crippen LogP contribution in [0.4, 0.5) is 5.69 Å². The summed E-state index contributed by atoms with van der Waals surface area (Å²) < 4.78 is 21.7. The molecule has 1 aliphatic rings. The highest BCUT2D eigenvalue weighted by Gasteiger charge is 2.32. The molecular weight excluding hydrogens is 363 g/mol. The van der Waals surface area contributed by atoms with Gasteiger partial charge in [0.05, 0.1) is 17.6 Å². The van der Waals surface area contributed by atoms with Crippen LogP contribution < -0.4 is 0 Å². The van der Waals surface area contributed by atoms with Gasteiger partial charge >= 0.3 is 7.60 Å². The zero-order valence-corrected chi connectivity index (χ0v) is 15.2. The minimum Gasteiger partial charge on any atom is -0.394 e. The van der Waals surface area contributed by atoms with Crippen molar-refractivity contribution >= 4 is 19.2 Å². The Morgan fingerprint density at radius 1 is 1.42 bits per heavy atom. The van der Waals surface area contributed by atoms with Crippen LogP contribution in [0.1, 0.15) is 16.8 Å². The summed E-state index contributed by atoms with van der Waals surface area (Å²) in [6.45, 7) is -0.327.